The van der Waals surface area contributed by atoms with Crippen molar-refractivity contribution < 1.29 is 4.74 Å². The smallest absolute Gasteiger partial charge is 0.0717 e. The van der Waals surface area contributed by atoms with E-state index in [4.69, 9.17) is 4.74 Å². The van der Waals surface area contributed by atoms with Crippen LogP contribution in [0.1, 0.15) is 31.4 Å². The second kappa shape index (κ2) is 9.39. The highest BCUT2D eigenvalue weighted by molar-refractivity contribution is 5.14. The summed E-state index contributed by atoms with van der Waals surface area (Å²) in [6, 6.07) is 21.3. The lowest BCUT2D eigenvalue weighted by atomic mass is 10.0. The summed E-state index contributed by atoms with van der Waals surface area (Å²) in [5, 5.41) is 3.63. The van der Waals surface area contributed by atoms with Gasteiger partial charge in [0.05, 0.1) is 13.2 Å². The molecule has 118 valence electrons. The van der Waals surface area contributed by atoms with Gasteiger partial charge in [-0.15, -0.1) is 0 Å². The van der Waals surface area contributed by atoms with Crippen LogP contribution >= 0.6 is 0 Å². The van der Waals surface area contributed by atoms with Crippen LogP contribution in [0.4, 0.5) is 0 Å². The maximum atomic E-state index is 5.91. The molecule has 2 nitrogen and oxygen atoms in total. The molecule has 0 fully saturated rings. The second-order valence-electron chi connectivity index (χ2n) is 6.19. The molecule has 1 atom stereocenters. The Labute approximate surface area is 134 Å². The predicted molar refractivity (Wildman–Crippen MR) is 92.6 cm³/mol. The molecule has 0 amide bonds. The van der Waals surface area contributed by atoms with E-state index in [9.17, 15) is 0 Å². The number of rotatable bonds is 9. The summed E-state index contributed by atoms with van der Waals surface area (Å²) >= 11 is 0. The molecule has 2 aromatic carbocycles. The van der Waals surface area contributed by atoms with E-state index in [0.29, 0.717) is 18.6 Å². The predicted octanol–water partition coefficient (Wildman–Crippen LogP) is 4.41. The molecule has 0 aliphatic carbocycles. The Balaban J connectivity index is 1.78. The van der Waals surface area contributed by atoms with Crippen LogP contribution in [-0.4, -0.2) is 12.6 Å². The fraction of sp³-hybridized carbons (Fsp3) is 0.400. The van der Waals surface area contributed by atoms with E-state index in [1.54, 1.807) is 0 Å². The van der Waals surface area contributed by atoms with Crippen LogP contribution in [0.2, 0.25) is 0 Å². The monoisotopic (exact) mass is 297 g/mol. The molecule has 2 rings (SSSR count). The summed E-state index contributed by atoms with van der Waals surface area (Å²) in [5.74, 6) is 0.661. The van der Waals surface area contributed by atoms with Gasteiger partial charge < -0.3 is 10.1 Å². The minimum atomic E-state index is 0.393. The van der Waals surface area contributed by atoms with Crippen LogP contribution in [0.25, 0.3) is 0 Å². The zero-order chi connectivity index (χ0) is 15.6. The first kappa shape index (κ1) is 16.7. The van der Waals surface area contributed by atoms with Crippen LogP contribution in [0.3, 0.4) is 0 Å². The molecule has 0 radical (unpaired) electrons. The number of nitrogens with one attached hydrogen (secondary N) is 1. The summed E-state index contributed by atoms with van der Waals surface area (Å²) in [7, 11) is 0. The van der Waals surface area contributed by atoms with Crippen molar-refractivity contribution in [3.63, 3.8) is 0 Å². The van der Waals surface area contributed by atoms with Crippen molar-refractivity contribution in [1.29, 1.82) is 0 Å². The molecular weight excluding hydrogens is 270 g/mol. The van der Waals surface area contributed by atoms with Crippen molar-refractivity contribution >= 4 is 0 Å². The van der Waals surface area contributed by atoms with Crippen LogP contribution in [0.15, 0.2) is 60.7 Å². The van der Waals surface area contributed by atoms with Gasteiger partial charge >= 0.3 is 0 Å². The minimum absolute atomic E-state index is 0.393. The second-order valence-corrected chi connectivity index (χ2v) is 6.19. The molecule has 2 aromatic rings. The summed E-state index contributed by atoms with van der Waals surface area (Å²) in [6.07, 6.45) is 1.13. The van der Waals surface area contributed by atoms with Crippen LogP contribution in [-0.2, 0) is 17.9 Å². The molecule has 1 N–H and O–H groups in total. The summed E-state index contributed by atoms with van der Waals surface area (Å²) < 4.78 is 5.91. The van der Waals surface area contributed by atoms with Crippen molar-refractivity contribution in [3.05, 3.63) is 71.8 Å². The molecule has 0 bridgehead atoms. The molecule has 0 spiro atoms. The maximum absolute atomic E-state index is 5.91. The van der Waals surface area contributed by atoms with Gasteiger partial charge in [0, 0.05) is 12.6 Å². The normalized spacial score (nSPS) is 12.5. The number of ether oxygens (including phenoxy) is 1. The standard InChI is InChI=1S/C20H27NO/c1-17(2)13-20(21-14-18-9-5-3-6-10-18)16-22-15-19-11-7-4-8-12-19/h3-12,17,20-21H,13-16H2,1-2H3/t20-/m0/s1. The fourth-order valence-electron chi connectivity index (χ4n) is 2.53. The van der Waals surface area contributed by atoms with Crippen molar-refractivity contribution in [1.82, 2.24) is 5.32 Å². The Morgan fingerprint density at radius 2 is 1.45 bits per heavy atom. The van der Waals surface area contributed by atoms with Crippen LogP contribution in [0.5, 0.6) is 0 Å². The SMILES string of the molecule is CC(C)C[C@@H](COCc1ccccc1)NCc1ccccc1. The first-order chi connectivity index (χ1) is 10.7. The van der Waals surface area contributed by atoms with E-state index in [-0.39, 0.29) is 0 Å². The summed E-state index contributed by atoms with van der Waals surface area (Å²) in [5.41, 5.74) is 2.55. The van der Waals surface area contributed by atoms with Crippen molar-refractivity contribution in [3.8, 4) is 0 Å². The molecule has 2 heteroatoms. The Hall–Kier alpha value is -1.64. The van der Waals surface area contributed by atoms with E-state index in [2.05, 4.69) is 73.8 Å². The number of benzene rings is 2. The zero-order valence-corrected chi connectivity index (χ0v) is 13.7. The van der Waals surface area contributed by atoms with Gasteiger partial charge in [0.2, 0.25) is 0 Å². The fourth-order valence-corrected chi connectivity index (χ4v) is 2.53. The van der Waals surface area contributed by atoms with E-state index >= 15 is 0 Å². The van der Waals surface area contributed by atoms with Crippen molar-refractivity contribution in [2.45, 2.75) is 39.5 Å². The van der Waals surface area contributed by atoms with Gasteiger partial charge in [-0.3, -0.25) is 0 Å². The van der Waals surface area contributed by atoms with Gasteiger partial charge in [0.1, 0.15) is 0 Å². The van der Waals surface area contributed by atoms with Gasteiger partial charge in [-0.2, -0.15) is 0 Å². The largest absolute Gasteiger partial charge is 0.375 e. The first-order valence-corrected chi connectivity index (χ1v) is 8.13. The van der Waals surface area contributed by atoms with Gasteiger partial charge in [-0.25, -0.2) is 0 Å². The van der Waals surface area contributed by atoms with Gasteiger partial charge in [-0.05, 0) is 23.5 Å². The molecular formula is C20H27NO. The average molecular weight is 297 g/mol. The van der Waals surface area contributed by atoms with Crippen LogP contribution < -0.4 is 5.32 Å². The third kappa shape index (κ3) is 6.42. The Morgan fingerprint density at radius 3 is 2.05 bits per heavy atom. The Kier molecular flexibility index (Phi) is 7.14. The lowest BCUT2D eigenvalue weighted by Gasteiger charge is -2.21. The van der Waals surface area contributed by atoms with Crippen molar-refractivity contribution in [2.75, 3.05) is 6.61 Å². The average Bonchev–Trinajstić information content (AvgIpc) is 2.54. The highest BCUT2D eigenvalue weighted by atomic mass is 16.5. The van der Waals surface area contributed by atoms with E-state index in [1.165, 1.54) is 11.1 Å². The third-order valence-electron chi connectivity index (χ3n) is 3.62. The third-order valence-corrected chi connectivity index (χ3v) is 3.62. The summed E-state index contributed by atoms with van der Waals surface area (Å²) in [4.78, 5) is 0. The molecule has 0 saturated heterocycles. The maximum Gasteiger partial charge on any atom is 0.0717 e. The highest BCUT2D eigenvalue weighted by Crippen LogP contribution is 2.08. The summed E-state index contributed by atoms with van der Waals surface area (Å²) in [6.45, 7) is 6.85. The number of hydrogen-bond donors (Lipinski definition) is 1. The van der Waals surface area contributed by atoms with E-state index in [0.717, 1.165) is 19.6 Å². The Bertz CT molecular complexity index is 510. The quantitative estimate of drug-likeness (QED) is 0.740. The Morgan fingerprint density at radius 1 is 0.864 bits per heavy atom. The van der Waals surface area contributed by atoms with Gasteiger partial charge in [0.25, 0.3) is 0 Å². The van der Waals surface area contributed by atoms with Crippen molar-refractivity contribution in [2.24, 2.45) is 5.92 Å². The topological polar surface area (TPSA) is 21.3 Å². The molecule has 22 heavy (non-hydrogen) atoms. The zero-order valence-electron chi connectivity index (χ0n) is 13.7. The lowest BCUT2D eigenvalue weighted by Crippen LogP contribution is -2.34. The van der Waals surface area contributed by atoms with E-state index in [1.807, 2.05) is 6.07 Å². The molecule has 0 unspecified atom stereocenters. The molecule has 0 saturated carbocycles. The van der Waals surface area contributed by atoms with Gasteiger partial charge in [0.15, 0.2) is 0 Å². The molecule has 0 aliphatic heterocycles. The minimum Gasteiger partial charge on any atom is -0.375 e. The lowest BCUT2D eigenvalue weighted by molar-refractivity contribution is 0.0922. The van der Waals surface area contributed by atoms with Crippen LogP contribution in [0, 0.1) is 5.92 Å². The molecule has 0 aliphatic rings. The highest BCUT2D eigenvalue weighted by Gasteiger charge is 2.11. The first-order valence-electron chi connectivity index (χ1n) is 8.13. The van der Waals surface area contributed by atoms with Gasteiger partial charge in [-0.1, -0.05) is 74.5 Å². The van der Waals surface area contributed by atoms with E-state index < -0.39 is 0 Å². The molecule has 0 aromatic heterocycles. The molecule has 0 heterocycles. The number of hydrogen-bond acceptors (Lipinski definition) is 2.